The van der Waals surface area contributed by atoms with Gasteiger partial charge >= 0.3 is 6.18 Å². The summed E-state index contributed by atoms with van der Waals surface area (Å²) < 4.78 is 57.5. The Morgan fingerprint density at radius 2 is 2.03 bits per heavy atom. The molecule has 9 nitrogen and oxygen atoms in total. The van der Waals surface area contributed by atoms with E-state index in [1.807, 2.05) is 0 Å². The SMILES string of the molecule is COc1c(F)cccc1Nc1c(-c2ccnc3nc(NCC(F)(F)F)[nH]c23)[nH]c2c1C(=O)NCC2. The first-order chi connectivity index (χ1) is 16.7. The van der Waals surface area contributed by atoms with Crippen LogP contribution in [0.2, 0.25) is 0 Å². The molecule has 1 aromatic carbocycles. The van der Waals surface area contributed by atoms with Gasteiger partial charge in [0.1, 0.15) is 6.54 Å². The number of carbonyl (C=O) groups excluding carboxylic acids is 1. The number of para-hydroxylation sites is 1. The lowest BCUT2D eigenvalue weighted by Gasteiger charge is -2.16. The Labute approximate surface area is 195 Å². The number of methoxy groups -OCH3 is 1. The number of H-pyrrole nitrogens is 2. The number of imidazole rings is 1. The van der Waals surface area contributed by atoms with Crippen molar-refractivity contribution in [3.8, 4) is 17.0 Å². The minimum atomic E-state index is -4.43. The Balaban J connectivity index is 1.65. The largest absolute Gasteiger partial charge is 0.492 e. The second-order valence-electron chi connectivity index (χ2n) is 7.79. The molecule has 5 rings (SSSR count). The minimum absolute atomic E-state index is 0.0373. The van der Waals surface area contributed by atoms with E-state index in [1.165, 1.54) is 25.4 Å². The number of fused-ring (bicyclic) bond motifs is 2. The highest BCUT2D eigenvalue weighted by Gasteiger charge is 2.30. The predicted octanol–water partition coefficient (Wildman–Crippen LogP) is 4.10. The smallest absolute Gasteiger partial charge is 0.405 e. The molecule has 0 bridgehead atoms. The van der Waals surface area contributed by atoms with Crippen LogP contribution in [0.25, 0.3) is 22.4 Å². The molecule has 0 radical (unpaired) electrons. The standard InChI is InChI=1S/C22H19F4N7O2/c1-35-18-11(23)3-2-4-13(18)31-17-14-12(6-8-28-20(14)34)30-15(17)10-5-7-27-19-16(10)32-21(33-19)29-9-22(24,25)26/h2-5,7,30-31H,6,8-9H2,1H3,(H,28,34)(H2,27,29,32,33). The van der Waals surface area contributed by atoms with Crippen LogP contribution in [-0.4, -0.2) is 52.2 Å². The first kappa shape index (κ1) is 22.5. The Bertz CT molecular complexity index is 1430. The summed E-state index contributed by atoms with van der Waals surface area (Å²) in [7, 11) is 1.33. The first-order valence-corrected chi connectivity index (χ1v) is 10.5. The monoisotopic (exact) mass is 489 g/mol. The summed E-state index contributed by atoms with van der Waals surface area (Å²) in [6.07, 6.45) is -2.45. The predicted molar refractivity (Wildman–Crippen MR) is 120 cm³/mol. The number of pyridine rings is 1. The van der Waals surface area contributed by atoms with Crippen LogP contribution in [-0.2, 0) is 6.42 Å². The van der Waals surface area contributed by atoms with Gasteiger partial charge in [-0.1, -0.05) is 6.07 Å². The van der Waals surface area contributed by atoms with E-state index < -0.39 is 18.5 Å². The van der Waals surface area contributed by atoms with Crippen LogP contribution in [0.1, 0.15) is 16.1 Å². The maximum absolute atomic E-state index is 14.3. The van der Waals surface area contributed by atoms with Gasteiger partial charge in [0.15, 0.2) is 17.2 Å². The number of rotatable bonds is 6. The number of alkyl halides is 3. The molecule has 5 N–H and O–H groups in total. The lowest BCUT2D eigenvalue weighted by Crippen LogP contribution is -2.31. The average molecular weight is 489 g/mol. The number of carbonyl (C=O) groups is 1. The molecule has 0 saturated carbocycles. The number of nitrogens with one attached hydrogen (secondary N) is 5. The first-order valence-electron chi connectivity index (χ1n) is 10.5. The molecule has 0 aliphatic carbocycles. The number of nitrogens with zero attached hydrogens (tertiary/aromatic N) is 2. The molecule has 4 heterocycles. The fourth-order valence-corrected chi connectivity index (χ4v) is 4.04. The van der Waals surface area contributed by atoms with E-state index in [2.05, 4.69) is 35.9 Å². The van der Waals surface area contributed by atoms with Gasteiger partial charge < -0.3 is 30.7 Å². The maximum atomic E-state index is 14.3. The summed E-state index contributed by atoms with van der Waals surface area (Å²) in [5.41, 5.74) is 3.13. The van der Waals surface area contributed by atoms with Crippen molar-refractivity contribution in [2.24, 2.45) is 0 Å². The van der Waals surface area contributed by atoms with Crippen molar-refractivity contribution < 1.29 is 27.1 Å². The van der Waals surface area contributed by atoms with Gasteiger partial charge in [-0.2, -0.15) is 18.2 Å². The van der Waals surface area contributed by atoms with E-state index in [1.54, 1.807) is 12.1 Å². The molecule has 1 aliphatic rings. The number of hydrogen-bond donors (Lipinski definition) is 5. The van der Waals surface area contributed by atoms with Crippen LogP contribution < -0.4 is 20.7 Å². The summed E-state index contributed by atoms with van der Waals surface area (Å²) in [4.78, 5) is 27.1. The number of aromatic nitrogens is 4. The Kier molecular flexibility index (Phi) is 5.46. The molecule has 0 fully saturated rings. The van der Waals surface area contributed by atoms with Crippen LogP contribution >= 0.6 is 0 Å². The molecule has 13 heteroatoms. The third kappa shape index (κ3) is 4.20. The minimum Gasteiger partial charge on any atom is -0.492 e. The molecular weight excluding hydrogens is 470 g/mol. The van der Waals surface area contributed by atoms with Gasteiger partial charge in [-0.15, -0.1) is 0 Å². The van der Waals surface area contributed by atoms with Gasteiger partial charge in [-0.3, -0.25) is 4.79 Å². The zero-order valence-corrected chi connectivity index (χ0v) is 18.2. The summed E-state index contributed by atoms with van der Waals surface area (Å²) in [6.45, 7) is -0.846. The lowest BCUT2D eigenvalue weighted by atomic mass is 10.0. The molecule has 0 spiro atoms. The summed E-state index contributed by atoms with van der Waals surface area (Å²) >= 11 is 0. The number of amides is 1. The number of halogens is 4. The Morgan fingerprint density at radius 3 is 2.80 bits per heavy atom. The van der Waals surface area contributed by atoms with Crippen molar-refractivity contribution in [1.82, 2.24) is 25.3 Å². The van der Waals surface area contributed by atoms with Crippen molar-refractivity contribution in [3.63, 3.8) is 0 Å². The molecule has 1 amide bonds. The van der Waals surface area contributed by atoms with Gasteiger partial charge in [0, 0.05) is 30.4 Å². The molecule has 0 saturated heterocycles. The van der Waals surface area contributed by atoms with Crippen LogP contribution in [0, 0.1) is 5.82 Å². The third-order valence-corrected chi connectivity index (χ3v) is 5.51. The molecular formula is C22H19F4N7O2. The summed E-state index contributed by atoms with van der Waals surface area (Å²) in [5.74, 6) is -1.06. The molecule has 35 heavy (non-hydrogen) atoms. The van der Waals surface area contributed by atoms with Crippen LogP contribution in [0.5, 0.6) is 5.75 Å². The van der Waals surface area contributed by atoms with E-state index in [0.717, 1.165) is 0 Å². The lowest BCUT2D eigenvalue weighted by molar-refractivity contribution is -0.115. The molecule has 3 aromatic heterocycles. The molecule has 1 aliphatic heterocycles. The van der Waals surface area contributed by atoms with Gasteiger partial charge in [0.2, 0.25) is 5.95 Å². The van der Waals surface area contributed by atoms with Crippen LogP contribution in [0.3, 0.4) is 0 Å². The molecule has 0 atom stereocenters. The molecule has 4 aromatic rings. The highest BCUT2D eigenvalue weighted by atomic mass is 19.4. The van der Waals surface area contributed by atoms with Crippen molar-refractivity contribution in [2.45, 2.75) is 12.6 Å². The van der Waals surface area contributed by atoms with E-state index >= 15 is 0 Å². The number of ether oxygens (including phenoxy) is 1. The number of benzene rings is 1. The summed E-state index contributed by atoms with van der Waals surface area (Å²) in [5, 5.41) is 8.10. The fraction of sp³-hybridized carbons (Fsp3) is 0.227. The number of aromatic amines is 2. The Hall–Kier alpha value is -4.29. The third-order valence-electron chi connectivity index (χ3n) is 5.51. The zero-order valence-electron chi connectivity index (χ0n) is 18.2. The van der Waals surface area contributed by atoms with Crippen molar-refractivity contribution >= 4 is 34.4 Å². The van der Waals surface area contributed by atoms with Gasteiger partial charge in [-0.25, -0.2) is 9.37 Å². The van der Waals surface area contributed by atoms with Crippen LogP contribution in [0.15, 0.2) is 30.5 Å². The normalized spacial score (nSPS) is 13.5. The molecule has 0 unspecified atom stereocenters. The van der Waals surface area contributed by atoms with Gasteiger partial charge in [0.05, 0.1) is 35.3 Å². The highest BCUT2D eigenvalue weighted by molar-refractivity contribution is 6.08. The van der Waals surface area contributed by atoms with E-state index in [9.17, 15) is 22.4 Å². The summed E-state index contributed by atoms with van der Waals surface area (Å²) in [6, 6.07) is 5.98. The molecule has 182 valence electrons. The van der Waals surface area contributed by atoms with Crippen molar-refractivity contribution in [1.29, 1.82) is 0 Å². The topological polar surface area (TPSA) is 120 Å². The maximum Gasteiger partial charge on any atom is 0.405 e. The second kappa shape index (κ2) is 8.49. The second-order valence-corrected chi connectivity index (χ2v) is 7.79. The van der Waals surface area contributed by atoms with Gasteiger partial charge in [0.25, 0.3) is 5.91 Å². The van der Waals surface area contributed by atoms with E-state index in [4.69, 9.17) is 4.74 Å². The average Bonchev–Trinajstić information content (AvgIpc) is 3.39. The Morgan fingerprint density at radius 1 is 1.20 bits per heavy atom. The van der Waals surface area contributed by atoms with Crippen molar-refractivity contribution in [3.05, 3.63) is 47.5 Å². The van der Waals surface area contributed by atoms with E-state index in [0.29, 0.717) is 46.7 Å². The highest BCUT2D eigenvalue weighted by Crippen LogP contribution is 2.41. The number of anilines is 3. The fourth-order valence-electron chi connectivity index (χ4n) is 4.04. The van der Waals surface area contributed by atoms with Crippen LogP contribution in [0.4, 0.5) is 34.9 Å². The van der Waals surface area contributed by atoms with Gasteiger partial charge in [-0.05, 0) is 18.2 Å². The quantitative estimate of drug-likeness (QED) is 0.260. The van der Waals surface area contributed by atoms with Crippen molar-refractivity contribution in [2.75, 3.05) is 30.8 Å². The zero-order chi connectivity index (χ0) is 24.7. The number of hydrogen-bond acceptors (Lipinski definition) is 6. The van der Waals surface area contributed by atoms with E-state index in [-0.39, 0.29) is 28.9 Å².